The lowest BCUT2D eigenvalue weighted by Crippen LogP contribution is -2.60. The Bertz CT molecular complexity index is 3200. The number of carbonyl (C=O) groups excluding carboxylic acids is 14. The fourth-order valence-electron chi connectivity index (χ4n) is 9.92. The van der Waals surface area contributed by atoms with Gasteiger partial charge in [-0.1, -0.05) is 43.7 Å². The number of benzene rings is 2. The molecule has 3 saturated heterocycles. The number of thiol groups is 1. The van der Waals surface area contributed by atoms with Gasteiger partial charge >= 0.3 is 0 Å². The smallest absolute Gasteiger partial charge is 0.248 e. The van der Waals surface area contributed by atoms with E-state index in [0.29, 0.717) is 28.5 Å². The second-order valence-electron chi connectivity index (χ2n) is 21.8. The maximum absolute atomic E-state index is 14.9. The number of rotatable bonds is 20. The Balaban J connectivity index is 1.20. The van der Waals surface area contributed by atoms with Gasteiger partial charge in [0.1, 0.15) is 42.0 Å². The Morgan fingerprint density at radius 2 is 1.43 bits per heavy atom. The van der Waals surface area contributed by atoms with Crippen LogP contribution in [-0.4, -0.2) is 211 Å². The van der Waals surface area contributed by atoms with Gasteiger partial charge < -0.3 is 83.1 Å². The van der Waals surface area contributed by atoms with Crippen LogP contribution in [0.2, 0.25) is 0 Å². The summed E-state index contributed by atoms with van der Waals surface area (Å²) in [5.74, 6) is -11.9. The summed E-state index contributed by atoms with van der Waals surface area (Å²) in [5, 5.41) is 47.5. The fraction of sp³-hybridized carbons (Fsp3) is 0.509. The second-order valence-corrected chi connectivity index (χ2v) is 23.9. The number of aromatic amines is 1. The number of imide groups is 1. The maximum Gasteiger partial charge on any atom is 0.248 e. The van der Waals surface area contributed by atoms with Crippen LogP contribution in [0.25, 0.3) is 10.9 Å². The maximum atomic E-state index is 14.9. The highest BCUT2D eigenvalue weighted by Gasteiger charge is 2.42. The number of nitrogens with zero attached hydrogens (tertiary/aromatic N) is 2. The number of likely N-dealkylation sites (tertiary alicyclic amines) is 1. The molecule has 14 amide bonds. The molecule has 3 fully saturated rings. The van der Waals surface area contributed by atoms with Gasteiger partial charge in [-0.25, -0.2) is 0 Å². The van der Waals surface area contributed by atoms with Gasteiger partial charge in [0.2, 0.25) is 87.7 Å². The predicted molar refractivity (Wildman–Crippen MR) is 324 cm³/mol. The normalized spacial score (nSPS) is 22.9. The van der Waals surface area contributed by atoms with Gasteiger partial charge in [-0.2, -0.15) is 12.6 Å². The lowest BCUT2D eigenvalue weighted by Gasteiger charge is -2.31. The van der Waals surface area contributed by atoms with Crippen molar-refractivity contribution in [1.29, 1.82) is 0 Å². The molecule has 0 spiro atoms. The first-order valence-electron chi connectivity index (χ1n) is 29.1. The van der Waals surface area contributed by atoms with E-state index in [9.17, 15) is 81.9 Å². The van der Waals surface area contributed by atoms with Crippen molar-refractivity contribution in [3.8, 4) is 0 Å². The minimum atomic E-state index is -2.09. The van der Waals surface area contributed by atoms with Crippen LogP contribution >= 0.6 is 12.6 Å². The van der Waals surface area contributed by atoms with Crippen LogP contribution in [0.4, 0.5) is 5.69 Å². The Morgan fingerprint density at radius 3 is 2.09 bits per heavy atom. The predicted octanol–water partition coefficient (Wildman–Crippen LogP) is -4.48. The molecule has 3 aliphatic rings. The number of anilines is 1. The molecule has 0 bridgehead atoms. The zero-order valence-electron chi connectivity index (χ0n) is 49.9. The largest absolute Gasteiger partial charge is 0.610 e. The van der Waals surface area contributed by atoms with Crippen molar-refractivity contribution >= 4 is 123 Å². The van der Waals surface area contributed by atoms with Gasteiger partial charge in [0.25, 0.3) is 0 Å². The number of amides is 14. The number of H-pyrrole nitrogens is 1. The van der Waals surface area contributed by atoms with E-state index in [1.807, 2.05) is 0 Å². The summed E-state index contributed by atoms with van der Waals surface area (Å²) in [5.41, 5.74) is 1.92. The van der Waals surface area contributed by atoms with Crippen molar-refractivity contribution in [2.24, 2.45) is 0 Å². The third kappa shape index (κ3) is 19.9. The molecule has 0 saturated carbocycles. The van der Waals surface area contributed by atoms with Crippen LogP contribution in [-0.2, 0) is 84.8 Å². The van der Waals surface area contributed by atoms with Crippen LogP contribution in [0.1, 0.15) is 83.3 Å². The number of hydrogen-bond donors (Lipinski definition) is 15. The monoisotopic (exact) mass is 1290 g/mol. The summed E-state index contributed by atoms with van der Waals surface area (Å²) < 4.78 is 14.3. The average Bonchev–Trinajstić information content (AvgIpc) is 3.44. The minimum Gasteiger partial charge on any atom is -0.610 e. The molecular formula is C57H76N14O17S2. The van der Waals surface area contributed by atoms with E-state index < -0.39 is 192 Å². The average molecular weight is 1290 g/mol. The fourth-order valence-corrected chi connectivity index (χ4v) is 11.6. The molecule has 3 aliphatic heterocycles. The summed E-state index contributed by atoms with van der Waals surface area (Å²) >= 11 is 1.95. The molecular weight excluding hydrogens is 1220 g/mol. The van der Waals surface area contributed by atoms with Crippen LogP contribution in [0.15, 0.2) is 53.6 Å². The number of aromatic nitrogens is 1. The van der Waals surface area contributed by atoms with Crippen molar-refractivity contribution in [1.82, 2.24) is 68.0 Å². The van der Waals surface area contributed by atoms with Crippen molar-refractivity contribution in [2.45, 2.75) is 144 Å². The van der Waals surface area contributed by atoms with E-state index in [2.05, 4.69) is 76.1 Å². The van der Waals surface area contributed by atoms with Gasteiger partial charge in [0.05, 0.1) is 44.0 Å². The molecule has 4 unspecified atom stereocenters. The van der Waals surface area contributed by atoms with Crippen molar-refractivity contribution in [2.75, 3.05) is 50.4 Å². The van der Waals surface area contributed by atoms with Gasteiger partial charge in [-0.3, -0.25) is 72.0 Å². The molecule has 4 heterocycles. The zero-order valence-corrected chi connectivity index (χ0v) is 51.6. The second kappa shape index (κ2) is 33.2. The number of para-hydroxylation sites is 1. The Labute approximate surface area is 525 Å². The summed E-state index contributed by atoms with van der Waals surface area (Å²) in [6, 6.07) is 2.85. The first-order valence-corrected chi connectivity index (χ1v) is 31.0. The number of aryl methyl sites for hydroxylation is 1. The molecule has 3 aromatic rings. The lowest BCUT2D eigenvalue weighted by atomic mass is 10.1. The molecule has 0 radical (unpaired) electrons. The topological polar surface area (TPSA) is 457 Å². The van der Waals surface area contributed by atoms with Crippen molar-refractivity contribution < 1.29 is 81.9 Å². The zero-order chi connectivity index (χ0) is 65.9. The van der Waals surface area contributed by atoms with Gasteiger partial charge in [-0.05, 0) is 63.8 Å². The van der Waals surface area contributed by atoms with Crippen LogP contribution in [0, 0.1) is 6.92 Å². The highest BCUT2D eigenvalue weighted by molar-refractivity contribution is 7.91. The van der Waals surface area contributed by atoms with E-state index in [1.54, 1.807) is 38.1 Å². The molecule has 90 heavy (non-hydrogen) atoms. The Hall–Kier alpha value is -8.66. The molecule has 33 heteroatoms. The van der Waals surface area contributed by atoms with Gasteiger partial charge in [0, 0.05) is 72.2 Å². The first kappa shape index (κ1) is 70.4. The van der Waals surface area contributed by atoms with Crippen LogP contribution in [0.3, 0.4) is 0 Å². The molecule has 0 aliphatic carbocycles. The highest BCUT2D eigenvalue weighted by atomic mass is 32.2. The van der Waals surface area contributed by atoms with Crippen molar-refractivity contribution in [3.63, 3.8) is 0 Å². The number of carbonyl (C=O) groups is 14. The third-order valence-corrected chi connectivity index (χ3v) is 16.8. The van der Waals surface area contributed by atoms with E-state index in [0.717, 1.165) is 9.80 Å². The molecule has 2 aromatic carbocycles. The molecule has 31 nitrogen and oxygen atoms in total. The number of aliphatic hydroxyl groups excluding tert-OH is 2. The van der Waals surface area contributed by atoms with E-state index >= 15 is 0 Å². The molecule has 6 rings (SSSR count). The minimum absolute atomic E-state index is 0.00769. The van der Waals surface area contributed by atoms with Crippen LogP contribution in [0.5, 0.6) is 0 Å². The number of fused-ring (bicyclic) bond motifs is 2. The van der Waals surface area contributed by atoms with Gasteiger partial charge in [0.15, 0.2) is 6.04 Å². The number of aliphatic hydroxyl groups is 2. The molecule has 488 valence electrons. The SMILES string of the molecule is CCCC1NC(=O)CNC(=O)[C@H](C)NC(=O)C(C[C@@H](O)CO)NC(=O)[C@@H]2CCCN2C(=O)[C@H](CC(=O)NCc2ccc(NC(=O)[C@H](C)NC(=O)CNC(=O)CCN3C(=O)CC(S)C3=O)cc2)NC(=O)[C@H](C[S+]([O-])c2[nH]c3ccccc3c2C)NC(=O)CNC1=O. The molecule has 14 N–H and O–H groups in total. The van der Waals surface area contributed by atoms with Gasteiger partial charge in [-0.15, -0.1) is 0 Å². The lowest BCUT2D eigenvalue weighted by molar-refractivity contribution is -0.143. The number of hydrogen-bond acceptors (Lipinski definition) is 18. The van der Waals surface area contributed by atoms with E-state index in [-0.39, 0.29) is 62.5 Å². The third-order valence-electron chi connectivity index (χ3n) is 14.8. The van der Waals surface area contributed by atoms with E-state index in [4.69, 9.17) is 0 Å². The van der Waals surface area contributed by atoms with Crippen molar-refractivity contribution in [3.05, 3.63) is 59.7 Å². The number of nitrogens with one attached hydrogen (secondary N) is 12. The molecule has 10 atom stereocenters. The summed E-state index contributed by atoms with van der Waals surface area (Å²) in [7, 11) is 0. The first-order chi connectivity index (χ1) is 42.8. The Kier molecular flexibility index (Phi) is 26.0. The highest BCUT2D eigenvalue weighted by Crippen LogP contribution is 2.27. The van der Waals surface area contributed by atoms with E-state index in [1.165, 1.54) is 38.1 Å². The standard InChI is InChI=1S/C57H76N14O17S2/c1-5-9-37-51(82)61-26-47(78)66-40(28-90(88)55-29(2)35-10-6-7-11-36(35)69-55)53(84)68-39(56(86)70-18-8-12-41(70)54(85)67-38(20-34(73)27-72)52(83)63-30(3)49(80)60-25-46(77)65-37)21-44(75)58-23-32-13-15-33(16-14-32)64-50(81)31(4)62-45(76)24-59-43(74)17-19-71-48(79)22-42(89)57(71)87/h6-7,10-11,13-16,30-31,34,37-42,69,72-73,89H,5,8-9,12,17-28H2,1-4H3,(H,58,75)(H,59,74)(H,60,80)(H,61,82)(H,62,76)(H,63,83)(H,64,81)(H,65,77)(H,66,78)(H,67,85)(H,68,84)/t30-,31-,34+,37?,38?,39-,40-,41-,42?,90?/m0/s1. The summed E-state index contributed by atoms with van der Waals surface area (Å²) in [6.45, 7) is 2.79. The molecule has 1 aromatic heterocycles. The quantitative estimate of drug-likeness (QED) is 0.0288. The Morgan fingerprint density at radius 1 is 0.778 bits per heavy atom. The van der Waals surface area contributed by atoms with Crippen LogP contribution < -0.4 is 58.5 Å². The summed E-state index contributed by atoms with van der Waals surface area (Å²) in [4.78, 5) is 192. The summed E-state index contributed by atoms with van der Waals surface area (Å²) in [6.07, 6.45) is -2.64.